The fraction of sp³-hybridized carbons (Fsp3) is 0.940. The zero-order chi connectivity index (χ0) is 63.9. The van der Waals surface area contributed by atoms with Gasteiger partial charge in [-0.25, -0.2) is 9.13 Å². The van der Waals surface area contributed by atoms with Gasteiger partial charge in [0.2, 0.25) is 0 Å². The predicted octanol–water partition coefficient (Wildman–Crippen LogP) is 18.5. The van der Waals surface area contributed by atoms with Crippen LogP contribution in [-0.2, 0) is 65.4 Å². The molecular formula is C67H130O17P2. The highest BCUT2D eigenvalue weighted by Gasteiger charge is 2.30. The zero-order valence-electron chi connectivity index (χ0n) is 55.9. The van der Waals surface area contributed by atoms with Crippen LogP contribution in [0.15, 0.2) is 0 Å². The molecule has 510 valence electrons. The van der Waals surface area contributed by atoms with Crippen LogP contribution in [-0.4, -0.2) is 96.7 Å². The first-order valence-corrected chi connectivity index (χ1v) is 37.7. The molecule has 0 heterocycles. The average Bonchev–Trinajstić information content (AvgIpc) is 3.66. The van der Waals surface area contributed by atoms with Crippen molar-refractivity contribution in [2.45, 2.75) is 343 Å². The number of carbonyl (C=O) groups is 4. The molecule has 0 bridgehead atoms. The van der Waals surface area contributed by atoms with Crippen molar-refractivity contribution in [3.05, 3.63) is 0 Å². The monoisotopic (exact) mass is 1270 g/mol. The molecule has 0 radical (unpaired) electrons. The fourth-order valence-electron chi connectivity index (χ4n) is 9.96. The van der Waals surface area contributed by atoms with Gasteiger partial charge in [0, 0.05) is 25.7 Å². The second-order valence-electron chi connectivity index (χ2n) is 26.1. The summed E-state index contributed by atoms with van der Waals surface area (Å²) in [6.07, 6.45) is 38.0. The van der Waals surface area contributed by atoms with E-state index in [9.17, 15) is 43.2 Å². The van der Waals surface area contributed by atoms with Gasteiger partial charge in [0.05, 0.1) is 26.4 Å². The number of hydrogen-bond donors (Lipinski definition) is 3. The summed E-state index contributed by atoms with van der Waals surface area (Å²) in [7, 11) is -9.89. The van der Waals surface area contributed by atoms with E-state index in [4.69, 9.17) is 37.0 Å². The molecule has 0 aliphatic rings. The average molecular weight is 1270 g/mol. The van der Waals surface area contributed by atoms with Crippen molar-refractivity contribution < 1.29 is 80.2 Å². The normalized spacial score (nSPS) is 14.4. The highest BCUT2D eigenvalue weighted by molar-refractivity contribution is 7.47. The standard InChI is InChI=1S/C67H130O17P2/c1-57(2)43-35-27-19-16-14-12-10-9-11-13-15-17-21-33-41-49-66(71)83-62(53-77-64(69)47-39-31-25-23-29-37-45-59(5)6)55-81-85(73,74)79-51-61(68)52-80-86(75,76)82-56-63(54-78-65(70)48-40-32-26-24-30-38-46-60(7)8)84-67(72)50-42-34-22-18-20-28-36-44-58(3)4/h57-63,68H,9-56H2,1-8H3,(H,73,74)(H,75,76)/t61?,62-,63-/m1/s1. The van der Waals surface area contributed by atoms with Crippen LogP contribution in [0.4, 0.5) is 0 Å². The van der Waals surface area contributed by atoms with E-state index in [1.54, 1.807) is 0 Å². The number of ether oxygens (including phenoxy) is 4. The molecule has 19 heteroatoms. The summed E-state index contributed by atoms with van der Waals surface area (Å²) in [5.41, 5.74) is 0. The maximum absolute atomic E-state index is 13.0. The Hall–Kier alpha value is -1.94. The molecule has 0 rings (SSSR count). The molecule has 3 N–H and O–H groups in total. The Kier molecular flexibility index (Phi) is 55.7. The van der Waals surface area contributed by atoms with Gasteiger partial charge in [0.25, 0.3) is 0 Å². The van der Waals surface area contributed by atoms with Crippen molar-refractivity contribution in [1.29, 1.82) is 0 Å². The third-order valence-electron chi connectivity index (χ3n) is 15.3. The van der Waals surface area contributed by atoms with Crippen LogP contribution in [0.2, 0.25) is 0 Å². The van der Waals surface area contributed by atoms with Gasteiger partial charge in [0.1, 0.15) is 19.3 Å². The van der Waals surface area contributed by atoms with Crippen LogP contribution in [0.25, 0.3) is 0 Å². The molecule has 5 atom stereocenters. The molecule has 0 saturated heterocycles. The predicted molar refractivity (Wildman–Crippen MR) is 344 cm³/mol. The molecule has 86 heavy (non-hydrogen) atoms. The van der Waals surface area contributed by atoms with Crippen LogP contribution < -0.4 is 0 Å². The summed E-state index contributed by atoms with van der Waals surface area (Å²) < 4.78 is 68.0. The van der Waals surface area contributed by atoms with Crippen LogP contribution in [0.1, 0.15) is 325 Å². The van der Waals surface area contributed by atoms with Crippen molar-refractivity contribution >= 4 is 39.5 Å². The topological polar surface area (TPSA) is 237 Å². The first-order chi connectivity index (χ1) is 41.1. The lowest BCUT2D eigenvalue weighted by atomic mass is 10.0. The number of carbonyl (C=O) groups excluding carboxylic acids is 4. The number of aliphatic hydroxyl groups is 1. The fourth-order valence-corrected chi connectivity index (χ4v) is 11.5. The molecule has 0 spiro atoms. The number of unbranched alkanes of at least 4 members (excludes halogenated alkanes) is 30. The number of esters is 4. The Bertz CT molecular complexity index is 1710. The maximum atomic E-state index is 13.0. The molecule has 0 saturated carbocycles. The van der Waals surface area contributed by atoms with Crippen molar-refractivity contribution in [2.75, 3.05) is 39.6 Å². The second-order valence-corrected chi connectivity index (χ2v) is 29.0. The van der Waals surface area contributed by atoms with Gasteiger partial charge in [0.15, 0.2) is 12.2 Å². The molecule has 0 aromatic carbocycles. The lowest BCUT2D eigenvalue weighted by Gasteiger charge is -2.21. The van der Waals surface area contributed by atoms with Gasteiger partial charge < -0.3 is 33.8 Å². The van der Waals surface area contributed by atoms with Crippen LogP contribution in [0, 0.1) is 23.7 Å². The summed E-state index contributed by atoms with van der Waals surface area (Å²) in [5, 5.41) is 10.5. The minimum atomic E-state index is -4.95. The van der Waals surface area contributed by atoms with Gasteiger partial charge in [-0.3, -0.25) is 37.3 Å². The van der Waals surface area contributed by atoms with E-state index < -0.39 is 97.5 Å². The lowest BCUT2D eigenvalue weighted by molar-refractivity contribution is -0.161. The number of phosphoric acid groups is 2. The van der Waals surface area contributed by atoms with Crippen molar-refractivity contribution in [1.82, 2.24) is 0 Å². The molecule has 0 amide bonds. The largest absolute Gasteiger partial charge is 0.472 e. The molecule has 0 aromatic rings. The SMILES string of the molecule is CC(C)CCCCCCCCCCCCCCCCCC(=O)O[C@H](COC(=O)CCCCCCCCC(C)C)COP(=O)(O)OCC(O)COP(=O)(O)OC[C@@H](COC(=O)CCCCCCCCC(C)C)OC(=O)CCCCCCCCCC(C)C. The van der Waals surface area contributed by atoms with E-state index in [1.165, 1.54) is 116 Å². The second kappa shape index (κ2) is 57.0. The van der Waals surface area contributed by atoms with Gasteiger partial charge in [-0.1, -0.05) is 274 Å². The van der Waals surface area contributed by atoms with E-state index in [1.807, 2.05) is 0 Å². The highest BCUT2D eigenvalue weighted by Crippen LogP contribution is 2.45. The Morgan fingerprint density at radius 1 is 0.291 bits per heavy atom. The van der Waals surface area contributed by atoms with Gasteiger partial charge in [-0.05, 0) is 49.4 Å². The van der Waals surface area contributed by atoms with Crippen molar-refractivity contribution in [2.24, 2.45) is 23.7 Å². The quantitative estimate of drug-likeness (QED) is 0.0222. The first kappa shape index (κ1) is 84.1. The summed E-state index contributed by atoms with van der Waals surface area (Å²) in [6, 6.07) is 0. The Morgan fingerprint density at radius 3 is 0.721 bits per heavy atom. The van der Waals surface area contributed by atoms with Gasteiger partial charge in [-0.2, -0.15) is 0 Å². The molecule has 0 aromatic heterocycles. The van der Waals surface area contributed by atoms with Crippen LogP contribution >= 0.6 is 15.6 Å². The van der Waals surface area contributed by atoms with Crippen LogP contribution in [0.5, 0.6) is 0 Å². The third-order valence-corrected chi connectivity index (χ3v) is 17.2. The molecule has 17 nitrogen and oxygen atoms in total. The Balaban J connectivity index is 5.18. The summed E-state index contributed by atoms with van der Waals surface area (Å²) in [4.78, 5) is 72.2. The van der Waals surface area contributed by atoms with Crippen molar-refractivity contribution in [3.8, 4) is 0 Å². The maximum Gasteiger partial charge on any atom is 0.472 e. The van der Waals surface area contributed by atoms with E-state index in [0.29, 0.717) is 43.4 Å². The van der Waals surface area contributed by atoms with Gasteiger partial charge >= 0.3 is 39.5 Å². The van der Waals surface area contributed by atoms with Gasteiger partial charge in [-0.15, -0.1) is 0 Å². The Morgan fingerprint density at radius 2 is 0.488 bits per heavy atom. The zero-order valence-corrected chi connectivity index (χ0v) is 57.7. The first-order valence-electron chi connectivity index (χ1n) is 34.7. The minimum absolute atomic E-state index is 0.102. The van der Waals surface area contributed by atoms with Crippen LogP contribution in [0.3, 0.4) is 0 Å². The number of hydrogen-bond acceptors (Lipinski definition) is 15. The molecule has 0 fully saturated rings. The minimum Gasteiger partial charge on any atom is -0.462 e. The molecular weight excluding hydrogens is 1140 g/mol. The highest BCUT2D eigenvalue weighted by atomic mass is 31.2. The Labute approximate surface area is 524 Å². The summed E-state index contributed by atoms with van der Waals surface area (Å²) in [5.74, 6) is 0.717. The lowest BCUT2D eigenvalue weighted by Crippen LogP contribution is -2.30. The van der Waals surface area contributed by atoms with E-state index in [0.717, 1.165) is 109 Å². The van der Waals surface area contributed by atoms with E-state index >= 15 is 0 Å². The van der Waals surface area contributed by atoms with E-state index in [-0.39, 0.29) is 25.7 Å². The number of phosphoric ester groups is 2. The molecule has 0 aliphatic carbocycles. The number of aliphatic hydroxyl groups excluding tert-OH is 1. The molecule has 0 aliphatic heterocycles. The third kappa shape index (κ3) is 60.9. The summed E-state index contributed by atoms with van der Waals surface area (Å²) in [6.45, 7) is 13.9. The smallest absolute Gasteiger partial charge is 0.462 e. The van der Waals surface area contributed by atoms with E-state index in [2.05, 4.69) is 55.4 Å². The molecule has 3 unspecified atom stereocenters. The van der Waals surface area contributed by atoms with Crippen molar-refractivity contribution in [3.63, 3.8) is 0 Å². The number of rotatable bonds is 64. The summed E-state index contributed by atoms with van der Waals surface area (Å²) >= 11 is 0.